The van der Waals surface area contributed by atoms with E-state index in [9.17, 15) is 9.59 Å². The zero-order valence-electron chi connectivity index (χ0n) is 18.4. The van der Waals surface area contributed by atoms with Crippen molar-refractivity contribution >= 4 is 22.7 Å². The summed E-state index contributed by atoms with van der Waals surface area (Å²) in [6.45, 7) is 6.24. The number of rotatable bonds is 6. The molecule has 1 aromatic heterocycles. The monoisotopic (exact) mass is 417 g/mol. The van der Waals surface area contributed by atoms with E-state index in [0.717, 1.165) is 42.3 Å². The molecule has 0 bridgehead atoms. The van der Waals surface area contributed by atoms with Crippen LogP contribution in [0, 0.1) is 0 Å². The van der Waals surface area contributed by atoms with Gasteiger partial charge < -0.3 is 14.8 Å². The van der Waals surface area contributed by atoms with Crippen LogP contribution in [0.15, 0.2) is 60.7 Å². The third-order valence-corrected chi connectivity index (χ3v) is 6.41. The second-order valence-corrected chi connectivity index (χ2v) is 8.28. The van der Waals surface area contributed by atoms with Gasteiger partial charge in [-0.3, -0.25) is 9.59 Å². The van der Waals surface area contributed by atoms with Crippen molar-refractivity contribution in [3.05, 3.63) is 71.9 Å². The zero-order valence-corrected chi connectivity index (χ0v) is 18.4. The first kappa shape index (κ1) is 21.2. The number of piperidine rings is 1. The van der Waals surface area contributed by atoms with Crippen LogP contribution in [0.25, 0.3) is 10.9 Å². The molecule has 2 amide bonds. The van der Waals surface area contributed by atoms with Crippen LogP contribution in [0.4, 0.5) is 0 Å². The molecule has 162 valence electrons. The molecule has 0 saturated carbocycles. The second-order valence-electron chi connectivity index (χ2n) is 8.28. The van der Waals surface area contributed by atoms with Gasteiger partial charge >= 0.3 is 0 Å². The van der Waals surface area contributed by atoms with Gasteiger partial charge in [-0.2, -0.15) is 0 Å². The number of carbonyl (C=O) groups excluding carboxylic acids is 2. The summed E-state index contributed by atoms with van der Waals surface area (Å²) >= 11 is 0. The molecule has 0 spiro atoms. The molecule has 1 aliphatic rings. The fourth-order valence-corrected chi connectivity index (χ4v) is 4.70. The first-order valence-electron chi connectivity index (χ1n) is 11.3. The lowest BCUT2D eigenvalue weighted by molar-refractivity contribution is -0.134. The highest BCUT2D eigenvalue weighted by Crippen LogP contribution is 2.25. The van der Waals surface area contributed by atoms with Gasteiger partial charge in [-0.15, -0.1) is 0 Å². The number of hydrogen-bond acceptors (Lipinski definition) is 2. The van der Waals surface area contributed by atoms with Gasteiger partial charge in [0.2, 0.25) is 5.91 Å². The van der Waals surface area contributed by atoms with Gasteiger partial charge in [-0.25, -0.2) is 0 Å². The molecule has 1 N–H and O–H groups in total. The Hall–Kier alpha value is -3.08. The van der Waals surface area contributed by atoms with Gasteiger partial charge in [-0.1, -0.05) is 55.5 Å². The maximum Gasteiger partial charge on any atom is 0.268 e. The van der Waals surface area contributed by atoms with Gasteiger partial charge in [0.05, 0.1) is 5.92 Å². The molecule has 2 aromatic carbocycles. The molecule has 31 heavy (non-hydrogen) atoms. The lowest BCUT2D eigenvalue weighted by Gasteiger charge is -2.34. The number of carbonyl (C=O) groups is 2. The molecule has 5 heteroatoms. The predicted octanol–water partition coefficient (Wildman–Crippen LogP) is 4.58. The van der Waals surface area contributed by atoms with E-state index in [2.05, 4.69) is 29.8 Å². The first-order chi connectivity index (χ1) is 15.1. The fraction of sp³-hybridized carbons (Fsp3) is 0.385. The summed E-state index contributed by atoms with van der Waals surface area (Å²) in [6, 6.07) is 20.2. The minimum Gasteiger partial charge on any atom is -0.348 e. The van der Waals surface area contributed by atoms with Gasteiger partial charge in [0.1, 0.15) is 5.69 Å². The van der Waals surface area contributed by atoms with E-state index in [4.69, 9.17) is 0 Å². The Bertz CT molecular complexity index is 1050. The molecule has 1 atom stereocenters. The quantitative estimate of drug-likeness (QED) is 0.638. The number of nitrogens with one attached hydrogen (secondary N) is 1. The van der Waals surface area contributed by atoms with Crippen LogP contribution >= 0.6 is 0 Å². The number of aromatic nitrogens is 1. The Labute approximate surface area is 184 Å². The van der Waals surface area contributed by atoms with Gasteiger partial charge in [-0.05, 0) is 43.9 Å². The Morgan fingerprint density at radius 3 is 2.35 bits per heavy atom. The second kappa shape index (κ2) is 9.38. The average Bonchev–Trinajstić information content (AvgIpc) is 3.19. The molecular formula is C26H31N3O2. The number of nitrogens with zero attached hydrogens (tertiary/aromatic N) is 2. The fourth-order valence-electron chi connectivity index (χ4n) is 4.70. The SMILES string of the molecule is CCC(C(=O)N1CCC(NC(=O)c2cc3ccccc3n2CC)CC1)c1ccccc1. The van der Waals surface area contributed by atoms with E-state index in [1.807, 2.05) is 59.5 Å². The average molecular weight is 418 g/mol. The summed E-state index contributed by atoms with van der Waals surface area (Å²) in [5.41, 5.74) is 2.87. The first-order valence-corrected chi connectivity index (χ1v) is 11.3. The largest absolute Gasteiger partial charge is 0.348 e. The van der Waals surface area contributed by atoms with E-state index >= 15 is 0 Å². The molecule has 1 fully saturated rings. The molecule has 1 aliphatic heterocycles. The van der Waals surface area contributed by atoms with Crippen LogP contribution in [-0.4, -0.2) is 40.4 Å². The van der Waals surface area contributed by atoms with Gasteiger partial charge in [0.15, 0.2) is 0 Å². The van der Waals surface area contributed by atoms with Crippen molar-refractivity contribution in [3.8, 4) is 0 Å². The van der Waals surface area contributed by atoms with E-state index in [0.29, 0.717) is 18.8 Å². The molecule has 1 unspecified atom stereocenters. The number of aryl methyl sites for hydroxylation is 1. The smallest absolute Gasteiger partial charge is 0.268 e. The summed E-state index contributed by atoms with van der Waals surface area (Å²) in [4.78, 5) is 28.1. The van der Waals surface area contributed by atoms with Crippen LogP contribution in [0.5, 0.6) is 0 Å². The number of fused-ring (bicyclic) bond motifs is 1. The Kier molecular flexibility index (Phi) is 6.40. The van der Waals surface area contributed by atoms with Crippen molar-refractivity contribution in [3.63, 3.8) is 0 Å². The lowest BCUT2D eigenvalue weighted by Crippen LogP contribution is -2.47. The standard InChI is InChI=1S/C26H31N3O2/c1-3-22(19-10-6-5-7-11-19)26(31)28-16-14-21(15-17-28)27-25(30)24-18-20-12-8-9-13-23(20)29(24)4-2/h5-13,18,21-22H,3-4,14-17H2,1-2H3,(H,27,30). The zero-order chi connectivity index (χ0) is 21.8. The summed E-state index contributed by atoms with van der Waals surface area (Å²) in [5.74, 6) is 0.0794. The van der Waals surface area contributed by atoms with E-state index in [-0.39, 0.29) is 23.8 Å². The summed E-state index contributed by atoms with van der Waals surface area (Å²) < 4.78 is 2.06. The molecule has 2 heterocycles. The highest BCUT2D eigenvalue weighted by molar-refractivity contribution is 5.99. The van der Waals surface area contributed by atoms with Gasteiger partial charge in [0, 0.05) is 36.6 Å². The van der Waals surface area contributed by atoms with E-state index < -0.39 is 0 Å². The third kappa shape index (κ3) is 4.36. The topological polar surface area (TPSA) is 54.3 Å². The number of para-hydroxylation sites is 1. The van der Waals surface area contributed by atoms with Crippen LogP contribution < -0.4 is 5.32 Å². The third-order valence-electron chi connectivity index (χ3n) is 6.41. The van der Waals surface area contributed by atoms with Crippen LogP contribution in [0.2, 0.25) is 0 Å². The number of likely N-dealkylation sites (tertiary alicyclic amines) is 1. The maximum atomic E-state index is 13.1. The van der Waals surface area contributed by atoms with Crippen molar-refractivity contribution in [2.75, 3.05) is 13.1 Å². The molecular weight excluding hydrogens is 386 g/mol. The van der Waals surface area contributed by atoms with Crippen LogP contribution in [-0.2, 0) is 11.3 Å². The molecule has 4 rings (SSSR count). The molecule has 0 radical (unpaired) electrons. The predicted molar refractivity (Wildman–Crippen MR) is 124 cm³/mol. The summed E-state index contributed by atoms with van der Waals surface area (Å²) in [7, 11) is 0. The molecule has 5 nitrogen and oxygen atoms in total. The van der Waals surface area contributed by atoms with Crippen LogP contribution in [0.1, 0.15) is 55.1 Å². The van der Waals surface area contributed by atoms with Crippen molar-refractivity contribution < 1.29 is 9.59 Å². The van der Waals surface area contributed by atoms with Crippen molar-refractivity contribution in [1.82, 2.24) is 14.8 Å². The molecule has 1 saturated heterocycles. The van der Waals surface area contributed by atoms with Crippen molar-refractivity contribution in [2.45, 2.75) is 51.6 Å². The minimum absolute atomic E-state index is 0.0291. The maximum absolute atomic E-state index is 13.1. The highest BCUT2D eigenvalue weighted by atomic mass is 16.2. The van der Waals surface area contributed by atoms with Crippen molar-refractivity contribution in [2.24, 2.45) is 0 Å². The Morgan fingerprint density at radius 2 is 1.68 bits per heavy atom. The lowest BCUT2D eigenvalue weighted by atomic mass is 9.93. The van der Waals surface area contributed by atoms with Crippen molar-refractivity contribution in [1.29, 1.82) is 0 Å². The van der Waals surface area contributed by atoms with Gasteiger partial charge in [0.25, 0.3) is 5.91 Å². The van der Waals surface area contributed by atoms with E-state index in [1.165, 1.54) is 0 Å². The minimum atomic E-state index is -0.0902. The normalized spacial score (nSPS) is 15.7. The number of amides is 2. The number of hydrogen-bond donors (Lipinski definition) is 1. The summed E-state index contributed by atoms with van der Waals surface area (Å²) in [5, 5.41) is 4.29. The summed E-state index contributed by atoms with van der Waals surface area (Å²) in [6.07, 6.45) is 2.37. The highest BCUT2D eigenvalue weighted by Gasteiger charge is 2.29. The molecule has 0 aliphatic carbocycles. The molecule has 3 aromatic rings. The Morgan fingerprint density at radius 1 is 1.00 bits per heavy atom. The number of benzene rings is 2. The van der Waals surface area contributed by atoms with Crippen LogP contribution in [0.3, 0.4) is 0 Å². The van der Waals surface area contributed by atoms with E-state index in [1.54, 1.807) is 0 Å². The Balaban J connectivity index is 1.38.